The Balaban J connectivity index is 2.19. The zero-order valence-corrected chi connectivity index (χ0v) is 15.5. The van der Waals surface area contributed by atoms with Crippen molar-refractivity contribution in [1.82, 2.24) is 5.43 Å². The number of aromatic hydroxyl groups is 1. The first kappa shape index (κ1) is 20.7. The molecule has 2 N–H and O–H groups in total. The molecule has 0 fully saturated rings. The minimum atomic E-state index is -0.559. The number of unbranched alkanes of at least 4 members (excludes halogenated alkanes) is 1. The Morgan fingerprint density at radius 3 is 2.64 bits per heavy atom. The highest BCUT2D eigenvalue weighted by Crippen LogP contribution is 2.38. The van der Waals surface area contributed by atoms with Gasteiger partial charge in [-0.2, -0.15) is 5.10 Å². The van der Waals surface area contributed by atoms with E-state index in [1.165, 1.54) is 49.7 Å². The van der Waals surface area contributed by atoms with Crippen molar-refractivity contribution in [1.29, 1.82) is 0 Å². The second kappa shape index (κ2) is 9.91. The number of nitro groups is 1. The van der Waals surface area contributed by atoms with Gasteiger partial charge in [0.05, 0.1) is 24.9 Å². The summed E-state index contributed by atoms with van der Waals surface area (Å²) in [5, 5.41) is 24.5. The molecule has 2 aromatic rings. The number of hydrogen-bond donors (Lipinski definition) is 2. The smallest absolute Gasteiger partial charge is 0.315 e. The Morgan fingerprint density at radius 2 is 2.04 bits per heavy atom. The maximum Gasteiger partial charge on any atom is 0.315 e. The molecule has 9 nitrogen and oxygen atoms in total. The number of rotatable bonds is 9. The molecule has 2 aromatic carbocycles. The molecule has 0 spiro atoms. The molecule has 0 aliphatic heterocycles. The Hall–Kier alpha value is -3.62. The van der Waals surface area contributed by atoms with Gasteiger partial charge in [-0.15, -0.1) is 0 Å². The summed E-state index contributed by atoms with van der Waals surface area (Å²) in [7, 11) is 1.39. The fraction of sp³-hybridized carbons (Fsp3) is 0.263. The van der Waals surface area contributed by atoms with E-state index < -0.39 is 10.8 Å². The maximum absolute atomic E-state index is 12.0. The number of nitrogens with zero attached hydrogens (tertiary/aromatic N) is 2. The lowest BCUT2D eigenvalue weighted by molar-refractivity contribution is -0.386. The summed E-state index contributed by atoms with van der Waals surface area (Å²) in [5.74, 6) is -0.180. The van der Waals surface area contributed by atoms with Crippen LogP contribution in [-0.4, -0.2) is 35.9 Å². The van der Waals surface area contributed by atoms with Crippen LogP contribution in [-0.2, 0) is 0 Å². The second-order valence-corrected chi connectivity index (χ2v) is 5.78. The molecule has 0 saturated carbocycles. The molecular formula is C19H21N3O6. The van der Waals surface area contributed by atoms with E-state index >= 15 is 0 Å². The molecule has 0 aliphatic rings. The van der Waals surface area contributed by atoms with Crippen molar-refractivity contribution in [2.45, 2.75) is 19.8 Å². The van der Waals surface area contributed by atoms with Gasteiger partial charge in [-0.3, -0.25) is 14.9 Å². The number of methoxy groups -OCH3 is 1. The number of phenolic OH excluding ortho intramolecular Hbond substituents is 1. The molecule has 0 aliphatic carbocycles. The minimum Gasteiger partial charge on any atom is -0.508 e. The van der Waals surface area contributed by atoms with Crippen molar-refractivity contribution in [2.75, 3.05) is 13.7 Å². The molecule has 1 amide bonds. The molecule has 0 atom stereocenters. The highest BCUT2D eigenvalue weighted by molar-refractivity contribution is 5.95. The fourth-order valence-electron chi connectivity index (χ4n) is 2.28. The maximum atomic E-state index is 12.0. The van der Waals surface area contributed by atoms with Gasteiger partial charge in [0, 0.05) is 17.2 Å². The van der Waals surface area contributed by atoms with Gasteiger partial charge in [0.25, 0.3) is 5.91 Å². The molecule has 0 heterocycles. The fourth-order valence-corrected chi connectivity index (χ4v) is 2.28. The van der Waals surface area contributed by atoms with Crippen LogP contribution in [0.25, 0.3) is 0 Å². The predicted molar refractivity (Wildman–Crippen MR) is 103 cm³/mol. The molecule has 0 radical (unpaired) electrons. The summed E-state index contributed by atoms with van der Waals surface area (Å²) in [6.07, 6.45) is 2.91. The molecule has 0 bridgehead atoms. The van der Waals surface area contributed by atoms with Crippen molar-refractivity contribution >= 4 is 17.8 Å². The molecule has 0 unspecified atom stereocenters. The first-order valence-corrected chi connectivity index (χ1v) is 8.58. The standard InChI is InChI=1S/C19H21N3O6/c1-3-4-9-28-18-16(22(25)26)10-13(11-17(18)27-2)12-20-21-19(24)14-5-7-15(23)8-6-14/h5-8,10-12,23H,3-4,9H2,1-2H3,(H,21,24)/b20-12-. The van der Waals surface area contributed by atoms with Gasteiger partial charge >= 0.3 is 5.69 Å². The summed E-state index contributed by atoms with van der Waals surface area (Å²) < 4.78 is 10.7. The third-order valence-electron chi connectivity index (χ3n) is 3.73. The highest BCUT2D eigenvalue weighted by Gasteiger charge is 2.22. The third kappa shape index (κ3) is 5.44. The van der Waals surface area contributed by atoms with Gasteiger partial charge in [0.15, 0.2) is 5.75 Å². The molecule has 9 heteroatoms. The van der Waals surface area contributed by atoms with Crippen LogP contribution in [0.4, 0.5) is 5.69 Å². The Kier molecular flexibility index (Phi) is 7.32. The molecule has 2 rings (SSSR count). The lowest BCUT2D eigenvalue weighted by Crippen LogP contribution is -2.17. The van der Waals surface area contributed by atoms with Crippen LogP contribution >= 0.6 is 0 Å². The topological polar surface area (TPSA) is 123 Å². The number of hydrogen-bond acceptors (Lipinski definition) is 7. The van der Waals surface area contributed by atoms with E-state index in [9.17, 15) is 20.0 Å². The number of carbonyl (C=O) groups is 1. The van der Waals surface area contributed by atoms with E-state index in [4.69, 9.17) is 9.47 Å². The average Bonchev–Trinajstić information content (AvgIpc) is 2.68. The lowest BCUT2D eigenvalue weighted by Gasteiger charge is -2.11. The van der Waals surface area contributed by atoms with Crippen LogP contribution in [0.15, 0.2) is 41.5 Å². The Bertz CT molecular complexity index is 865. The van der Waals surface area contributed by atoms with Gasteiger partial charge in [-0.25, -0.2) is 5.43 Å². The van der Waals surface area contributed by atoms with Crippen LogP contribution in [0, 0.1) is 10.1 Å². The summed E-state index contributed by atoms with van der Waals surface area (Å²) >= 11 is 0. The van der Waals surface area contributed by atoms with Crippen molar-refractivity contribution in [3.63, 3.8) is 0 Å². The van der Waals surface area contributed by atoms with Crippen LogP contribution in [0.3, 0.4) is 0 Å². The van der Waals surface area contributed by atoms with Crippen LogP contribution < -0.4 is 14.9 Å². The monoisotopic (exact) mass is 387 g/mol. The van der Waals surface area contributed by atoms with E-state index in [1.807, 2.05) is 6.92 Å². The zero-order valence-electron chi connectivity index (χ0n) is 15.5. The Labute approximate surface area is 161 Å². The number of carbonyl (C=O) groups excluding carboxylic acids is 1. The summed E-state index contributed by atoms with van der Waals surface area (Å²) in [6.45, 7) is 2.32. The molecule has 148 valence electrons. The van der Waals surface area contributed by atoms with E-state index in [1.54, 1.807) is 0 Å². The van der Waals surface area contributed by atoms with Crippen LogP contribution in [0.5, 0.6) is 17.2 Å². The number of phenols is 1. The normalized spacial score (nSPS) is 10.6. The number of amides is 1. The quantitative estimate of drug-likeness (QED) is 0.295. The van der Waals surface area contributed by atoms with Gasteiger partial charge in [-0.05, 0) is 36.8 Å². The number of nitrogens with one attached hydrogen (secondary N) is 1. The second-order valence-electron chi connectivity index (χ2n) is 5.78. The first-order valence-electron chi connectivity index (χ1n) is 8.58. The summed E-state index contributed by atoms with van der Waals surface area (Å²) in [5.41, 5.74) is 2.73. The number of hydrazone groups is 1. The van der Waals surface area contributed by atoms with Crippen LogP contribution in [0.1, 0.15) is 35.7 Å². The number of ether oxygens (including phenoxy) is 2. The van der Waals surface area contributed by atoms with Crippen molar-refractivity contribution in [3.05, 3.63) is 57.6 Å². The molecule has 0 saturated heterocycles. The van der Waals surface area contributed by atoms with E-state index in [2.05, 4.69) is 10.5 Å². The average molecular weight is 387 g/mol. The SMILES string of the molecule is CCCCOc1c(OC)cc(/C=N\NC(=O)c2ccc(O)cc2)cc1[N+](=O)[O-]. The van der Waals surface area contributed by atoms with Gasteiger partial charge < -0.3 is 14.6 Å². The zero-order chi connectivity index (χ0) is 20.5. The largest absolute Gasteiger partial charge is 0.508 e. The number of benzene rings is 2. The van der Waals surface area contributed by atoms with Gasteiger partial charge in [0.1, 0.15) is 5.75 Å². The molecule has 0 aromatic heterocycles. The van der Waals surface area contributed by atoms with E-state index in [-0.39, 0.29) is 22.9 Å². The lowest BCUT2D eigenvalue weighted by atomic mass is 10.2. The highest BCUT2D eigenvalue weighted by atomic mass is 16.6. The third-order valence-corrected chi connectivity index (χ3v) is 3.73. The van der Waals surface area contributed by atoms with Gasteiger partial charge in [0.2, 0.25) is 5.75 Å². The van der Waals surface area contributed by atoms with Crippen LogP contribution in [0.2, 0.25) is 0 Å². The predicted octanol–water partition coefficient (Wildman–Crippen LogP) is 3.25. The Morgan fingerprint density at radius 1 is 1.32 bits per heavy atom. The first-order chi connectivity index (χ1) is 13.5. The van der Waals surface area contributed by atoms with Crippen molar-refractivity contribution in [3.8, 4) is 17.2 Å². The summed E-state index contributed by atoms with van der Waals surface area (Å²) in [4.78, 5) is 22.8. The number of nitro benzene ring substituents is 1. The molecule has 28 heavy (non-hydrogen) atoms. The van der Waals surface area contributed by atoms with Crippen molar-refractivity contribution in [2.24, 2.45) is 5.10 Å². The van der Waals surface area contributed by atoms with Crippen molar-refractivity contribution < 1.29 is 24.3 Å². The van der Waals surface area contributed by atoms with E-state index in [0.717, 1.165) is 12.8 Å². The van der Waals surface area contributed by atoms with Gasteiger partial charge in [-0.1, -0.05) is 13.3 Å². The summed E-state index contributed by atoms with van der Waals surface area (Å²) in [6, 6.07) is 8.46. The molecular weight excluding hydrogens is 366 g/mol. The minimum absolute atomic E-state index is 0.0423. The van der Waals surface area contributed by atoms with E-state index in [0.29, 0.717) is 17.7 Å².